The Balaban J connectivity index is 1.19. The summed E-state index contributed by atoms with van der Waals surface area (Å²) in [6.45, 7) is 0.627. The molecule has 1 atom stereocenters. The smallest absolute Gasteiger partial charge is 0.241 e. The summed E-state index contributed by atoms with van der Waals surface area (Å²) in [5, 5.41) is 20.2. The molecule has 0 saturated carbocycles. The van der Waals surface area contributed by atoms with Crippen LogP contribution in [0.4, 0.5) is 23.1 Å². The minimum absolute atomic E-state index is 0.240. The first-order valence-electron chi connectivity index (χ1n) is 12.5. The van der Waals surface area contributed by atoms with Crippen LogP contribution in [0.3, 0.4) is 0 Å². The van der Waals surface area contributed by atoms with Crippen molar-refractivity contribution in [1.29, 1.82) is 0 Å². The highest BCUT2D eigenvalue weighted by Crippen LogP contribution is 2.25. The van der Waals surface area contributed by atoms with Gasteiger partial charge < -0.3 is 31.8 Å². The standard InChI is InChI=1S/C29H28BrN7O2/c30-24-17-34-29(37-27(24)32-12-11-19-16-33-26-10-9-22(38)15-23(19)26)36-21-8-4-7-20(14-21)35-28(39)25(31)13-18-5-2-1-3-6-18/h1-10,14-17,25,33,38H,11-13,31H2,(H,35,39)(H2,32,34,36,37)/t25-/m1/s1. The Morgan fingerprint density at radius 1 is 1.05 bits per heavy atom. The van der Waals surface area contributed by atoms with E-state index in [1.165, 1.54) is 0 Å². The Kier molecular flexibility index (Phi) is 8.04. The van der Waals surface area contributed by atoms with Crippen LogP contribution in [0.2, 0.25) is 0 Å². The van der Waals surface area contributed by atoms with Gasteiger partial charge in [-0.05, 0) is 76.3 Å². The van der Waals surface area contributed by atoms with Crippen LogP contribution in [0, 0.1) is 0 Å². The summed E-state index contributed by atoms with van der Waals surface area (Å²) in [6, 6.07) is 21.6. The van der Waals surface area contributed by atoms with Gasteiger partial charge in [-0.2, -0.15) is 4.98 Å². The number of rotatable bonds is 10. The number of anilines is 4. The molecule has 3 aromatic carbocycles. The molecule has 9 nitrogen and oxygen atoms in total. The van der Waals surface area contributed by atoms with Crippen LogP contribution in [0.5, 0.6) is 5.75 Å². The number of hydrogen-bond acceptors (Lipinski definition) is 7. The van der Waals surface area contributed by atoms with E-state index in [-0.39, 0.29) is 11.7 Å². The maximum atomic E-state index is 12.6. The van der Waals surface area contributed by atoms with Crippen molar-refractivity contribution in [1.82, 2.24) is 15.0 Å². The third-order valence-corrected chi connectivity index (χ3v) is 6.78. The second-order valence-corrected chi connectivity index (χ2v) is 9.96. The van der Waals surface area contributed by atoms with Crippen LogP contribution in [0.1, 0.15) is 11.1 Å². The van der Waals surface area contributed by atoms with Crippen molar-refractivity contribution >= 4 is 55.9 Å². The van der Waals surface area contributed by atoms with Crippen LogP contribution < -0.4 is 21.7 Å². The molecule has 198 valence electrons. The molecule has 1 amide bonds. The Morgan fingerprint density at radius 2 is 1.87 bits per heavy atom. The molecule has 2 heterocycles. The number of aromatic amines is 1. The Labute approximate surface area is 234 Å². The normalized spacial score (nSPS) is 11.7. The van der Waals surface area contributed by atoms with Gasteiger partial charge in [0.1, 0.15) is 11.6 Å². The van der Waals surface area contributed by atoms with E-state index in [9.17, 15) is 9.90 Å². The summed E-state index contributed by atoms with van der Waals surface area (Å²) in [6.07, 6.45) is 4.82. The number of carbonyl (C=O) groups is 1. The third kappa shape index (κ3) is 6.73. The van der Waals surface area contributed by atoms with Crippen LogP contribution in [-0.4, -0.2) is 38.6 Å². The van der Waals surface area contributed by atoms with Gasteiger partial charge >= 0.3 is 0 Å². The minimum atomic E-state index is -0.664. The minimum Gasteiger partial charge on any atom is -0.508 e. The number of H-pyrrole nitrogens is 1. The highest BCUT2D eigenvalue weighted by Gasteiger charge is 2.15. The second kappa shape index (κ2) is 12.0. The lowest BCUT2D eigenvalue weighted by Gasteiger charge is -2.14. The lowest BCUT2D eigenvalue weighted by atomic mass is 10.1. The van der Waals surface area contributed by atoms with Crippen molar-refractivity contribution in [3.63, 3.8) is 0 Å². The number of benzene rings is 3. The van der Waals surface area contributed by atoms with Gasteiger partial charge in [0, 0.05) is 41.2 Å². The molecule has 0 saturated heterocycles. The van der Waals surface area contributed by atoms with E-state index in [0.29, 0.717) is 30.4 Å². The summed E-state index contributed by atoms with van der Waals surface area (Å²) in [4.78, 5) is 24.8. The number of fused-ring (bicyclic) bond motifs is 1. The van der Waals surface area contributed by atoms with Gasteiger partial charge in [-0.1, -0.05) is 36.4 Å². The van der Waals surface area contributed by atoms with E-state index >= 15 is 0 Å². The first-order valence-corrected chi connectivity index (χ1v) is 13.3. The first-order chi connectivity index (χ1) is 18.9. The molecule has 7 N–H and O–H groups in total. The molecule has 0 bridgehead atoms. The monoisotopic (exact) mass is 585 g/mol. The van der Waals surface area contributed by atoms with Gasteiger partial charge in [0.25, 0.3) is 0 Å². The number of carbonyl (C=O) groups excluding carboxylic acids is 1. The lowest BCUT2D eigenvalue weighted by Crippen LogP contribution is -2.37. The van der Waals surface area contributed by atoms with Crippen molar-refractivity contribution in [2.75, 3.05) is 22.5 Å². The van der Waals surface area contributed by atoms with Crippen molar-refractivity contribution in [3.05, 3.63) is 101 Å². The average Bonchev–Trinajstić information content (AvgIpc) is 3.33. The van der Waals surface area contributed by atoms with Crippen molar-refractivity contribution < 1.29 is 9.90 Å². The Morgan fingerprint density at radius 3 is 2.72 bits per heavy atom. The number of hydrogen-bond donors (Lipinski definition) is 6. The number of aromatic hydroxyl groups is 1. The molecule has 0 aliphatic heterocycles. The molecule has 0 radical (unpaired) electrons. The molecule has 0 spiro atoms. The second-order valence-electron chi connectivity index (χ2n) is 9.10. The van der Waals surface area contributed by atoms with Gasteiger partial charge in [-0.25, -0.2) is 4.98 Å². The molecule has 10 heteroatoms. The summed E-state index contributed by atoms with van der Waals surface area (Å²) in [5.74, 6) is 1.03. The number of nitrogens with two attached hydrogens (primary N) is 1. The number of nitrogens with one attached hydrogen (secondary N) is 4. The molecule has 2 aromatic heterocycles. The molecule has 0 aliphatic rings. The maximum Gasteiger partial charge on any atom is 0.241 e. The summed E-state index contributed by atoms with van der Waals surface area (Å²) in [7, 11) is 0. The number of phenolic OH excluding ortho intramolecular Hbond substituents is 1. The van der Waals surface area contributed by atoms with Gasteiger partial charge in [0.15, 0.2) is 0 Å². The van der Waals surface area contributed by atoms with E-state index in [2.05, 4.69) is 46.8 Å². The summed E-state index contributed by atoms with van der Waals surface area (Å²) < 4.78 is 0.734. The molecule has 5 aromatic rings. The maximum absolute atomic E-state index is 12.6. The molecular weight excluding hydrogens is 558 g/mol. The van der Waals surface area contributed by atoms with E-state index in [4.69, 9.17) is 5.73 Å². The summed E-state index contributed by atoms with van der Waals surface area (Å²) >= 11 is 3.51. The molecule has 0 fully saturated rings. The Hall–Kier alpha value is -4.41. The zero-order chi connectivity index (χ0) is 27.2. The lowest BCUT2D eigenvalue weighted by molar-refractivity contribution is -0.117. The SMILES string of the molecule is N[C@H](Cc1ccccc1)C(=O)Nc1cccc(Nc2ncc(Br)c(NCCc3c[nH]c4ccc(O)cc34)n2)c1. The highest BCUT2D eigenvalue weighted by molar-refractivity contribution is 9.10. The van der Waals surface area contributed by atoms with Gasteiger partial charge in [0.05, 0.1) is 10.5 Å². The highest BCUT2D eigenvalue weighted by atomic mass is 79.9. The number of phenols is 1. The van der Waals surface area contributed by atoms with Crippen LogP contribution in [0.25, 0.3) is 10.9 Å². The van der Waals surface area contributed by atoms with Crippen LogP contribution in [0.15, 0.2) is 89.7 Å². The quantitative estimate of drug-likeness (QED) is 0.130. The Bertz CT molecular complexity index is 1590. The van der Waals surface area contributed by atoms with E-state index in [1.54, 1.807) is 30.5 Å². The largest absolute Gasteiger partial charge is 0.508 e. The average molecular weight is 586 g/mol. The molecule has 39 heavy (non-hydrogen) atoms. The fourth-order valence-electron chi connectivity index (χ4n) is 4.24. The molecular formula is C29H28BrN7O2. The van der Waals surface area contributed by atoms with Crippen LogP contribution in [-0.2, 0) is 17.6 Å². The van der Waals surface area contributed by atoms with Crippen molar-refractivity contribution in [3.8, 4) is 5.75 Å². The zero-order valence-corrected chi connectivity index (χ0v) is 22.6. The molecule has 0 aliphatic carbocycles. The first kappa shape index (κ1) is 26.2. The predicted molar refractivity (Wildman–Crippen MR) is 158 cm³/mol. The van der Waals surface area contributed by atoms with E-state index in [0.717, 1.165) is 38.6 Å². The fourth-order valence-corrected chi connectivity index (χ4v) is 4.57. The van der Waals surface area contributed by atoms with Crippen molar-refractivity contribution in [2.45, 2.75) is 18.9 Å². The molecule has 0 unspecified atom stereocenters. The topological polar surface area (TPSA) is 141 Å². The number of nitrogens with zero attached hydrogens (tertiary/aromatic N) is 2. The zero-order valence-electron chi connectivity index (χ0n) is 21.0. The van der Waals surface area contributed by atoms with Gasteiger partial charge in [-0.3, -0.25) is 4.79 Å². The van der Waals surface area contributed by atoms with E-state index < -0.39 is 6.04 Å². The van der Waals surface area contributed by atoms with Crippen LogP contribution >= 0.6 is 15.9 Å². The number of aromatic nitrogens is 3. The third-order valence-electron chi connectivity index (χ3n) is 6.20. The van der Waals surface area contributed by atoms with Gasteiger partial charge in [-0.15, -0.1) is 0 Å². The van der Waals surface area contributed by atoms with Crippen molar-refractivity contribution in [2.24, 2.45) is 5.73 Å². The predicted octanol–water partition coefficient (Wildman–Crippen LogP) is 5.33. The molecule has 5 rings (SSSR count). The number of amides is 1. The van der Waals surface area contributed by atoms with Gasteiger partial charge in [0.2, 0.25) is 11.9 Å². The van der Waals surface area contributed by atoms with E-state index in [1.807, 2.05) is 54.7 Å². The fraction of sp³-hybridized carbons (Fsp3) is 0.138. The number of halogens is 1. The summed E-state index contributed by atoms with van der Waals surface area (Å²) in [5.41, 5.74) is 10.5.